The molecule has 18 heavy (non-hydrogen) atoms. The van der Waals surface area contributed by atoms with Gasteiger partial charge in [-0.15, -0.1) is 0 Å². The third-order valence-corrected chi connectivity index (χ3v) is 3.72. The first-order valence-corrected chi connectivity index (χ1v) is 7.16. The van der Waals surface area contributed by atoms with Crippen LogP contribution in [-0.4, -0.2) is 10.5 Å². The molecule has 0 fully saturated rings. The van der Waals surface area contributed by atoms with E-state index in [0.29, 0.717) is 5.75 Å². The number of carbonyl (C=O) groups excluding carboxylic acids is 1. The van der Waals surface area contributed by atoms with E-state index in [0.717, 1.165) is 22.1 Å². The molecule has 0 N–H and O–H groups in total. The van der Waals surface area contributed by atoms with Gasteiger partial charge >= 0.3 is 5.97 Å². The molecule has 0 aliphatic rings. The molecule has 4 heteroatoms. The number of halogens is 1. The second-order valence-corrected chi connectivity index (χ2v) is 5.46. The standard InChI is InChI=1S/C14H16INO2/c1-3-4-6-16-7-5-12-13(15)8-11(9-14(12)16)18-10(2)17/h5,7-9H,3-4,6H2,1-2H3. The SMILES string of the molecule is CCCCn1ccc2c(I)cc(OC(C)=O)cc21. The summed E-state index contributed by atoms with van der Waals surface area (Å²) in [6.07, 6.45) is 4.42. The molecule has 0 radical (unpaired) electrons. The molecule has 0 amide bonds. The number of fused-ring (bicyclic) bond motifs is 1. The Hall–Kier alpha value is -1.04. The van der Waals surface area contributed by atoms with Crippen LogP contribution in [0.1, 0.15) is 26.7 Å². The number of carbonyl (C=O) groups is 1. The molecule has 0 saturated carbocycles. The molecular formula is C14H16INO2. The van der Waals surface area contributed by atoms with Crippen molar-refractivity contribution in [1.29, 1.82) is 0 Å². The minimum absolute atomic E-state index is 0.281. The average molecular weight is 357 g/mol. The lowest BCUT2D eigenvalue weighted by Gasteiger charge is -2.07. The molecule has 0 atom stereocenters. The van der Waals surface area contributed by atoms with E-state index in [2.05, 4.69) is 46.3 Å². The van der Waals surface area contributed by atoms with Gasteiger partial charge in [0, 0.05) is 34.7 Å². The molecule has 1 heterocycles. The van der Waals surface area contributed by atoms with Crippen molar-refractivity contribution >= 4 is 39.5 Å². The number of rotatable bonds is 4. The van der Waals surface area contributed by atoms with Gasteiger partial charge in [-0.05, 0) is 41.1 Å². The Morgan fingerprint density at radius 3 is 2.89 bits per heavy atom. The van der Waals surface area contributed by atoms with E-state index in [9.17, 15) is 4.79 Å². The van der Waals surface area contributed by atoms with Gasteiger partial charge in [0.15, 0.2) is 0 Å². The molecule has 3 nitrogen and oxygen atoms in total. The Morgan fingerprint density at radius 1 is 1.44 bits per heavy atom. The van der Waals surface area contributed by atoms with Gasteiger partial charge in [-0.2, -0.15) is 0 Å². The van der Waals surface area contributed by atoms with Crippen LogP contribution in [0.4, 0.5) is 0 Å². The number of ether oxygens (including phenoxy) is 1. The van der Waals surface area contributed by atoms with Crippen molar-refractivity contribution in [3.8, 4) is 5.75 Å². The summed E-state index contributed by atoms with van der Waals surface area (Å²) in [6, 6.07) is 5.95. The Balaban J connectivity index is 2.43. The zero-order valence-electron chi connectivity index (χ0n) is 10.6. The highest BCUT2D eigenvalue weighted by Crippen LogP contribution is 2.28. The van der Waals surface area contributed by atoms with Crippen molar-refractivity contribution in [2.75, 3.05) is 0 Å². The number of esters is 1. The van der Waals surface area contributed by atoms with E-state index >= 15 is 0 Å². The maximum Gasteiger partial charge on any atom is 0.308 e. The average Bonchev–Trinajstić information content (AvgIpc) is 2.69. The van der Waals surface area contributed by atoms with Crippen LogP contribution in [-0.2, 0) is 11.3 Å². The summed E-state index contributed by atoms with van der Waals surface area (Å²) in [5.41, 5.74) is 1.13. The molecule has 0 saturated heterocycles. The zero-order chi connectivity index (χ0) is 13.1. The summed E-state index contributed by atoms with van der Waals surface area (Å²) in [7, 11) is 0. The molecule has 2 aromatic rings. The zero-order valence-corrected chi connectivity index (χ0v) is 12.7. The van der Waals surface area contributed by atoms with Crippen molar-refractivity contribution in [3.63, 3.8) is 0 Å². The van der Waals surface area contributed by atoms with E-state index in [1.54, 1.807) is 0 Å². The number of hydrogen-bond donors (Lipinski definition) is 0. The smallest absolute Gasteiger partial charge is 0.308 e. The summed E-state index contributed by atoms with van der Waals surface area (Å²) >= 11 is 2.28. The Labute approximate surface area is 120 Å². The van der Waals surface area contributed by atoms with Gasteiger partial charge in [-0.25, -0.2) is 0 Å². The lowest BCUT2D eigenvalue weighted by Crippen LogP contribution is -2.02. The number of unbranched alkanes of at least 4 members (excludes halogenated alkanes) is 1. The van der Waals surface area contributed by atoms with Crippen LogP contribution in [0.2, 0.25) is 0 Å². The van der Waals surface area contributed by atoms with E-state index in [-0.39, 0.29) is 5.97 Å². The molecule has 0 spiro atoms. The Morgan fingerprint density at radius 2 is 2.22 bits per heavy atom. The predicted molar refractivity (Wildman–Crippen MR) is 80.9 cm³/mol. The van der Waals surface area contributed by atoms with E-state index < -0.39 is 0 Å². The second-order valence-electron chi connectivity index (χ2n) is 4.29. The fourth-order valence-electron chi connectivity index (χ4n) is 1.97. The molecular weight excluding hydrogens is 341 g/mol. The summed E-state index contributed by atoms with van der Waals surface area (Å²) in [6.45, 7) is 4.60. The molecule has 0 bridgehead atoms. The third-order valence-electron chi connectivity index (χ3n) is 2.83. The quantitative estimate of drug-likeness (QED) is 0.471. The predicted octanol–water partition coefficient (Wildman–Crippen LogP) is 3.97. The van der Waals surface area contributed by atoms with Crippen LogP contribution in [0.5, 0.6) is 5.75 Å². The lowest BCUT2D eigenvalue weighted by molar-refractivity contribution is -0.131. The van der Waals surface area contributed by atoms with Gasteiger partial charge in [0.1, 0.15) is 5.75 Å². The van der Waals surface area contributed by atoms with E-state index in [1.807, 2.05) is 12.1 Å². The highest BCUT2D eigenvalue weighted by Gasteiger charge is 2.08. The third kappa shape index (κ3) is 2.85. The van der Waals surface area contributed by atoms with Gasteiger partial charge in [-0.3, -0.25) is 4.79 Å². The lowest BCUT2D eigenvalue weighted by atomic mass is 10.2. The van der Waals surface area contributed by atoms with Gasteiger partial charge in [-0.1, -0.05) is 13.3 Å². The van der Waals surface area contributed by atoms with Crippen molar-refractivity contribution in [2.24, 2.45) is 0 Å². The molecule has 0 aliphatic carbocycles. The summed E-state index contributed by atoms with van der Waals surface area (Å²) < 4.78 is 8.50. The number of benzene rings is 1. The van der Waals surface area contributed by atoms with Crippen LogP contribution in [0.25, 0.3) is 10.9 Å². The Kier molecular flexibility index (Phi) is 4.27. The normalized spacial score (nSPS) is 10.8. The van der Waals surface area contributed by atoms with Crippen molar-refractivity contribution in [2.45, 2.75) is 33.2 Å². The first kappa shape index (κ1) is 13.4. The first-order chi connectivity index (χ1) is 8.61. The minimum Gasteiger partial charge on any atom is -0.427 e. The van der Waals surface area contributed by atoms with Gasteiger partial charge < -0.3 is 9.30 Å². The minimum atomic E-state index is -0.281. The van der Waals surface area contributed by atoms with Gasteiger partial charge in [0.25, 0.3) is 0 Å². The molecule has 0 unspecified atom stereocenters. The molecule has 1 aromatic carbocycles. The van der Waals surface area contributed by atoms with Crippen LogP contribution < -0.4 is 4.74 Å². The number of aryl methyl sites for hydroxylation is 1. The largest absolute Gasteiger partial charge is 0.427 e. The van der Waals surface area contributed by atoms with Crippen LogP contribution in [0, 0.1) is 3.57 Å². The van der Waals surface area contributed by atoms with Crippen molar-refractivity contribution in [3.05, 3.63) is 28.0 Å². The number of aromatic nitrogens is 1. The molecule has 96 valence electrons. The second kappa shape index (κ2) is 5.73. The summed E-state index contributed by atoms with van der Waals surface area (Å²) in [5.74, 6) is 0.340. The number of nitrogens with zero attached hydrogens (tertiary/aromatic N) is 1. The topological polar surface area (TPSA) is 31.2 Å². The van der Waals surface area contributed by atoms with Crippen LogP contribution in [0.3, 0.4) is 0 Å². The van der Waals surface area contributed by atoms with Crippen LogP contribution >= 0.6 is 22.6 Å². The fourth-order valence-corrected chi connectivity index (χ4v) is 2.74. The fraction of sp³-hybridized carbons (Fsp3) is 0.357. The van der Waals surface area contributed by atoms with Gasteiger partial charge in [0.2, 0.25) is 0 Å². The van der Waals surface area contributed by atoms with Crippen molar-refractivity contribution < 1.29 is 9.53 Å². The maximum atomic E-state index is 11.0. The summed E-state index contributed by atoms with van der Waals surface area (Å²) in [4.78, 5) is 11.0. The highest BCUT2D eigenvalue weighted by molar-refractivity contribution is 14.1. The van der Waals surface area contributed by atoms with Crippen molar-refractivity contribution in [1.82, 2.24) is 4.57 Å². The van der Waals surface area contributed by atoms with E-state index in [1.165, 1.54) is 18.7 Å². The summed E-state index contributed by atoms with van der Waals surface area (Å²) in [5, 5.41) is 1.21. The molecule has 0 aliphatic heterocycles. The van der Waals surface area contributed by atoms with Crippen LogP contribution in [0.15, 0.2) is 24.4 Å². The van der Waals surface area contributed by atoms with Gasteiger partial charge in [0.05, 0.1) is 5.52 Å². The maximum absolute atomic E-state index is 11.0. The van der Waals surface area contributed by atoms with E-state index in [4.69, 9.17) is 4.74 Å². The Bertz CT molecular complexity index is 574. The highest BCUT2D eigenvalue weighted by atomic mass is 127. The molecule has 2 rings (SSSR count). The monoisotopic (exact) mass is 357 g/mol. The first-order valence-electron chi connectivity index (χ1n) is 6.08. The number of hydrogen-bond acceptors (Lipinski definition) is 2. The molecule has 1 aromatic heterocycles.